The minimum absolute atomic E-state index is 0.0990. The Morgan fingerprint density at radius 2 is 1.86 bits per heavy atom. The first-order valence-electron chi connectivity index (χ1n) is 12.6. The van der Waals surface area contributed by atoms with Gasteiger partial charge in [-0.2, -0.15) is 0 Å². The Bertz CT molecular complexity index is 1310. The number of phenols is 2. The van der Waals surface area contributed by atoms with Crippen molar-refractivity contribution in [1.82, 2.24) is 4.90 Å². The summed E-state index contributed by atoms with van der Waals surface area (Å²) in [6, 6.07) is 17.0. The first-order valence-corrected chi connectivity index (χ1v) is 12.6. The fourth-order valence-corrected chi connectivity index (χ4v) is 5.18. The largest absolute Gasteiger partial charge is 0.508 e. The predicted molar refractivity (Wildman–Crippen MR) is 139 cm³/mol. The first kappa shape index (κ1) is 25.1. The fraction of sp³-hybridized carbons (Fsp3) is 0.333. The van der Waals surface area contributed by atoms with Crippen LogP contribution in [0.15, 0.2) is 60.7 Å². The molecule has 3 atom stereocenters. The zero-order valence-corrected chi connectivity index (χ0v) is 21.0. The number of ether oxygens (including phenoxy) is 2. The Hall–Kier alpha value is -3.58. The van der Waals surface area contributed by atoms with Crippen LogP contribution in [-0.4, -0.2) is 47.5 Å². The summed E-state index contributed by atoms with van der Waals surface area (Å²) >= 11 is 0. The highest BCUT2D eigenvalue weighted by molar-refractivity contribution is 5.95. The van der Waals surface area contributed by atoms with Crippen LogP contribution in [0, 0.1) is 11.7 Å². The van der Waals surface area contributed by atoms with Gasteiger partial charge in [-0.05, 0) is 79.9 Å². The summed E-state index contributed by atoms with van der Waals surface area (Å²) in [5, 5.41) is 20.1. The van der Waals surface area contributed by atoms with Gasteiger partial charge in [-0.1, -0.05) is 18.2 Å². The molecule has 7 heteroatoms. The van der Waals surface area contributed by atoms with E-state index in [4.69, 9.17) is 9.47 Å². The lowest BCUT2D eigenvalue weighted by atomic mass is 9.86. The number of fused-ring (bicyclic) bond motifs is 1. The zero-order chi connectivity index (χ0) is 26.1. The minimum atomic E-state index is -0.689. The molecule has 2 aliphatic heterocycles. The van der Waals surface area contributed by atoms with Gasteiger partial charge in [0.15, 0.2) is 11.6 Å². The summed E-state index contributed by atoms with van der Waals surface area (Å²) in [6.45, 7) is 5.93. The highest BCUT2D eigenvalue weighted by Crippen LogP contribution is 2.48. The number of halogens is 2. The molecule has 0 spiro atoms. The van der Waals surface area contributed by atoms with Crippen molar-refractivity contribution < 1.29 is 28.5 Å². The van der Waals surface area contributed by atoms with E-state index >= 15 is 0 Å². The lowest BCUT2D eigenvalue weighted by molar-refractivity contribution is 0.165. The van der Waals surface area contributed by atoms with E-state index in [1.165, 1.54) is 12.1 Å². The smallest absolute Gasteiger partial charge is 0.164 e. The van der Waals surface area contributed by atoms with Gasteiger partial charge >= 0.3 is 0 Å². The van der Waals surface area contributed by atoms with Gasteiger partial charge in [-0.25, -0.2) is 4.39 Å². The number of allylic oxidation sites excluding steroid dienone is 1. The topological polar surface area (TPSA) is 62.2 Å². The van der Waals surface area contributed by atoms with Crippen LogP contribution in [0.2, 0.25) is 0 Å². The van der Waals surface area contributed by atoms with Crippen molar-refractivity contribution in [3.05, 3.63) is 83.2 Å². The Morgan fingerprint density at radius 1 is 1.08 bits per heavy atom. The number of nitrogens with zero attached hydrogens (tertiary/aromatic N) is 1. The molecule has 0 aliphatic carbocycles. The third-order valence-electron chi connectivity index (χ3n) is 7.37. The molecule has 3 aromatic rings. The lowest BCUT2D eigenvalue weighted by Crippen LogP contribution is -2.35. The van der Waals surface area contributed by atoms with Crippen LogP contribution in [0.3, 0.4) is 0 Å². The maximum atomic E-state index is 13.8. The molecule has 2 aliphatic rings. The molecule has 3 aromatic carbocycles. The molecule has 0 bridgehead atoms. The first-order chi connectivity index (χ1) is 17.8. The summed E-state index contributed by atoms with van der Waals surface area (Å²) in [6.07, 6.45) is 0.341. The number of likely N-dealkylation sites (tertiary alicyclic amines) is 1. The van der Waals surface area contributed by atoms with E-state index in [-0.39, 0.29) is 24.4 Å². The van der Waals surface area contributed by atoms with E-state index in [1.54, 1.807) is 24.3 Å². The molecule has 1 unspecified atom stereocenters. The summed E-state index contributed by atoms with van der Waals surface area (Å²) in [5.41, 5.74) is 4.01. The van der Waals surface area contributed by atoms with E-state index in [1.807, 2.05) is 31.2 Å². The summed E-state index contributed by atoms with van der Waals surface area (Å²) in [7, 11) is 0. The molecule has 2 N–H and O–H groups in total. The second-order valence-electron chi connectivity index (χ2n) is 9.92. The van der Waals surface area contributed by atoms with Crippen LogP contribution in [0.4, 0.5) is 8.78 Å². The van der Waals surface area contributed by atoms with Crippen LogP contribution < -0.4 is 9.47 Å². The Labute approximate surface area is 215 Å². The average molecular weight is 508 g/mol. The van der Waals surface area contributed by atoms with Gasteiger partial charge in [0.25, 0.3) is 0 Å². The van der Waals surface area contributed by atoms with Gasteiger partial charge < -0.3 is 19.7 Å². The number of rotatable bonds is 7. The molecular weight excluding hydrogens is 476 g/mol. The van der Waals surface area contributed by atoms with E-state index in [0.29, 0.717) is 23.7 Å². The molecule has 37 heavy (non-hydrogen) atoms. The molecule has 0 saturated carbocycles. The van der Waals surface area contributed by atoms with Crippen LogP contribution in [-0.2, 0) is 0 Å². The monoisotopic (exact) mass is 507 g/mol. The van der Waals surface area contributed by atoms with Crippen LogP contribution in [0.25, 0.3) is 11.1 Å². The maximum absolute atomic E-state index is 13.8. The highest BCUT2D eigenvalue weighted by atomic mass is 19.1. The molecule has 1 saturated heterocycles. The maximum Gasteiger partial charge on any atom is 0.164 e. The van der Waals surface area contributed by atoms with E-state index in [2.05, 4.69) is 11.8 Å². The van der Waals surface area contributed by atoms with Crippen molar-refractivity contribution in [2.24, 2.45) is 5.92 Å². The van der Waals surface area contributed by atoms with Gasteiger partial charge in [-0.3, -0.25) is 9.29 Å². The molecule has 2 heterocycles. The molecule has 0 aromatic heterocycles. The lowest BCUT2D eigenvalue weighted by Gasteiger charge is -2.31. The Balaban J connectivity index is 1.39. The van der Waals surface area contributed by atoms with Gasteiger partial charge in [-0.15, -0.1) is 0 Å². The fourth-order valence-electron chi connectivity index (χ4n) is 5.18. The van der Waals surface area contributed by atoms with Crippen molar-refractivity contribution in [2.45, 2.75) is 32.4 Å². The van der Waals surface area contributed by atoms with Gasteiger partial charge in [0, 0.05) is 35.7 Å². The standard InChI is InChI=1S/C30H31F2NO4/c1-18(33-12-11-20(15-31)16-33)17-36-24-7-3-21(4-8-24)30-29(22-5-10-26(32)27(35)13-22)19(2)25-9-6-23(34)14-28(25)37-30/h3-10,13-14,18,20,30,34-35H,11-12,15-17H2,1-2H3/t18-,20-,30?/m0/s1. The summed E-state index contributed by atoms with van der Waals surface area (Å²) < 4.78 is 39.2. The van der Waals surface area contributed by atoms with Gasteiger partial charge in [0.05, 0.1) is 6.67 Å². The molecule has 0 amide bonds. The van der Waals surface area contributed by atoms with E-state index in [9.17, 15) is 19.0 Å². The van der Waals surface area contributed by atoms with E-state index in [0.717, 1.165) is 41.8 Å². The second kappa shape index (κ2) is 10.4. The normalized spacial score (nSPS) is 20.4. The van der Waals surface area contributed by atoms with Crippen molar-refractivity contribution >= 4 is 11.1 Å². The number of hydrogen-bond acceptors (Lipinski definition) is 5. The number of hydrogen-bond donors (Lipinski definition) is 2. The van der Waals surface area contributed by atoms with Crippen LogP contribution in [0.1, 0.15) is 43.1 Å². The van der Waals surface area contributed by atoms with Crippen molar-refractivity contribution in [2.75, 3.05) is 26.4 Å². The third-order valence-corrected chi connectivity index (χ3v) is 7.37. The average Bonchev–Trinajstić information content (AvgIpc) is 3.39. The number of alkyl halides is 1. The molecule has 0 radical (unpaired) electrons. The van der Waals surface area contributed by atoms with E-state index < -0.39 is 17.7 Å². The van der Waals surface area contributed by atoms with Crippen LogP contribution >= 0.6 is 0 Å². The number of benzene rings is 3. The van der Waals surface area contributed by atoms with Crippen LogP contribution in [0.5, 0.6) is 23.0 Å². The second-order valence-corrected chi connectivity index (χ2v) is 9.92. The minimum Gasteiger partial charge on any atom is -0.508 e. The molecule has 5 rings (SSSR count). The SMILES string of the molecule is CC1=C(c2ccc(F)c(O)c2)C(c2ccc(OC[C@H](C)N3CC[C@@H](CF)C3)cc2)Oc2cc(O)ccc21. The zero-order valence-electron chi connectivity index (χ0n) is 21.0. The summed E-state index contributed by atoms with van der Waals surface area (Å²) in [4.78, 5) is 2.26. The number of aromatic hydroxyl groups is 2. The molecule has 1 fully saturated rings. The van der Waals surface area contributed by atoms with Crippen molar-refractivity contribution in [3.8, 4) is 23.0 Å². The van der Waals surface area contributed by atoms with Crippen molar-refractivity contribution in [1.29, 1.82) is 0 Å². The number of phenolic OH excluding ortho intramolecular Hbond substituents is 2. The predicted octanol–water partition coefficient (Wildman–Crippen LogP) is 6.36. The Kier molecular flexibility index (Phi) is 7.07. The highest BCUT2D eigenvalue weighted by Gasteiger charge is 2.30. The van der Waals surface area contributed by atoms with Gasteiger partial charge in [0.1, 0.15) is 30.0 Å². The van der Waals surface area contributed by atoms with Gasteiger partial charge in [0.2, 0.25) is 0 Å². The quantitative estimate of drug-likeness (QED) is 0.390. The third kappa shape index (κ3) is 5.14. The molecule has 194 valence electrons. The molecular formula is C30H31F2NO4. The van der Waals surface area contributed by atoms with Crippen molar-refractivity contribution in [3.63, 3.8) is 0 Å². The Morgan fingerprint density at radius 3 is 2.57 bits per heavy atom. The molecule has 5 nitrogen and oxygen atoms in total. The summed E-state index contributed by atoms with van der Waals surface area (Å²) in [5.74, 6) is 0.364.